The van der Waals surface area contributed by atoms with E-state index in [1.165, 1.54) is 0 Å². The topological polar surface area (TPSA) is 87.7 Å². The number of aliphatic carboxylic acids is 1. The van der Waals surface area contributed by atoms with Gasteiger partial charge in [-0.2, -0.15) is 0 Å². The maximum Gasteiger partial charge on any atom is 0.326 e. The van der Waals surface area contributed by atoms with Crippen molar-refractivity contribution in [2.45, 2.75) is 32.7 Å². The zero-order valence-corrected chi connectivity index (χ0v) is 10.7. The first-order valence-electron chi connectivity index (χ1n) is 5.77. The molecule has 0 aliphatic heterocycles. The maximum absolute atomic E-state index is 11.4. The molecule has 0 aromatic heterocycles. The summed E-state index contributed by atoms with van der Waals surface area (Å²) >= 11 is 0. The van der Waals surface area contributed by atoms with Crippen molar-refractivity contribution in [3.05, 3.63) is 0 Å². The van der Waals surface area contributed by atoms with Crippen LogP contribution in [-0.2, 0) is 9.53 Å². The Morgan fingerprint density at radius 1 is 1.41 bits per heavy atom. The molecule has 0 spiro atoms. The summed E-state index contributed by atoms with van der Waals surface area (Å²) in [5.41, 5.74) is 0. The summed E-state index contributed by atoms with van der Waals surface area (Å²) in [6.45, 7) is 4.82. The Bertz CT molecular complexity index is 246. The van der Waals surface area contributed by atoms with E-state index in [1.807, 2.05) is 13.8 Å². The molecule has 6 heteroatoms. The highest BCUT2D eigenvalue weighted by Gasteiger charge is 2.18. The number of carboxylic acids is 1. The van der Waals surface area contributed by atoms with Gasteiger partial charge in [0.1, 0.15) is 6.04 Å². The van der Waals surface area contributed by atoms with Crippen LogP contribution >= 0.6 is 0 Å². The van der Waals surface area contributed by atoms with Gasteiger partial charge in [-0.05, 0) is 12.3 Å². The number of hydrogen-bond acceptors (Lipinski definition) is 3. The number of nitrogens with one attached hydrogen (secondary N) is 2. The van der Waals surface area contributed by atoms with Gasteiger partial charge < -0.3 is 20.5 Å². The summed E-state index contributed by atoms with van der Waals surface area (Å²) < 4.78 is 4.93. The van der Waals surface area contributed by atoms with Gasteiger partial charge in [0.2, 0.25) is 0 Å². The molecule has 2 amide bonds. The van der Waals surface area contributed by atoms with Crippen molar-refractivity contribution < 1.29 is 19.4 Å². The molecule has 6 nitrogen and oxygen atoms in total. The Hall–Kier alpha value is -1.30. The summed E-state index contributed by atoms with van der Waals surface area (Å²) in [4.78, 5) is 22.2. The molecule has 0 aliphatic carbocycles. The van der Waals surface area contributed by atoms with Crippen molar-refractivity contribution in [1.82, 2.24) is 10.6 Å². The van der Waals surface area contributed by atoms with Crippen LogP contribution in [0.5, 0.6) is 0 Å². The van der Waals surface area contributed by atoms with Gasteiger partial charge in [0.15, 0.2) is 0 Å². The molecule has 0 bridgehead atoms. The minimum absolute atomic E-state index is 0.195. The smallest absolute Gasteiger partial charge is 0.326 e. The Balaban J connectivity index is 3.93. The Morgan fingerprint density at radius 2 is 2.06 bits per heavy atom. The van der Waals surface area contributed by atoms with Gasteiger partial charge in [-0.3, -0.25) is 0 Å². The van der Waals surface area contributed by atoms with Crippen LogP contribution in [0.1, 0.15) is 26.7 Å². The standard InChI is InChI=1S/C11H22N2O4/c1-4-5-9(10(14)15)13-11(16)12-6-8(2)7-17-3/h8-9H,4-7H2,1-3H3,(H,14,15)(H2,12,13,16)/t8?,9-/m1/s1. The molecule has 1 unspecified atom stereocenters. The van der Waals surface area contributed by atoms with Crippen molar-refractivity contribution in [3.8, 4) is 0 Å². The largest absolute Gasteiger partial charge is 0.480 e. The highest BCUT2D eigenvalue weighted by molar-refractivity contribution is 5.82. The lowest BCUT2D eigenvalue weighted by molar-refractivity contribution is -0.139. The Labute approximate surface area is 102 Å². The van der Waals surface area contributed by atoms with E-state index >= 15 is 0 Å². The third kappa shape index (κ3) is 7.57. The summed E-state index contributed by atoms with van der Waals surface area (Å²) in [6.07, 6.45) is 1.13. The molecule has 100 valence electrons. The zero-order chi connectivity index (χ0) is 13.3. The van der Waals surface area contributed by atoms with Gasteiger partial charge in [-0.25, -0.2) is 9.59 Å². The zero-order valence-electron chi connectivity index (χ0n) is 10.7. The fourth-order valence-corrected chi connectivity index (χ4v) is 1.37. The summed E-state index contributed by atoms with van der Waals surface area (Å²) in [5.74, 6) is -0.813. The van der Waals surface area contributed by atoms with E-state index < -0.39 is 18.0 Å². The molecule has 0 heterocycles. The molecule has 0 aromatic carbocycles. The molecular formula is C11H22N2O4. The van der Waals surface area contributed by atoms with Gasteiger partial charge in [0, 0.05) is 13.7 Å². The Morgan fingerprint density at radius 3 is 2.53 bits per heavy atom. The number of carbonyl (C=O) groups excluding carboxylic acids is 1. The fourth-order valence-electron chi connectivity index (χ4n) is 1.37. The number of hydrogen-bond donors (Lipinski definition) is 3. The normalized spacial score (nSPS) is 13.8. The molecule has 0 aromatic rings. The first kappa shape index (κ1) is 15.7. The second-order valence-corrected chi connectivity index (χ2v) is 4.09. The molecule has 2 atom stereocenters. The lowest BCUT2D eigenvalue weighted by Gasteiger charge is -2.16. The van der Waals surface area contributed by atoms with Crippen LogP contribution in [0.4, 0.5) is 4.79 Å². The highest BCUT2D eigenvalue weighted by atomic mass is 16.5. The van der Waals surface area contributed by atoms with Crippen LogP contribution in [0.2, 0.25) is 0 Å². The van der Waals surface area contributed by atoms with Gasteiger partial charge >= 0.3 is 12.0 Å². The molecular weight excluding hydrogens is 224 g/mol. The molecule has 0 saturated carbocycles. The second-order valence-electron chi connectivity index (χ2n) is 4.09. The van der Waals surface area contributed by atoms with E-state index in [-0.39, 0.29) is 5.92 Å². The monoisotopic (exact) mass is 246 g/mol. The minimum atomic E-state index is -1.01. The number of urea groups is 1. The summed E-state index contributed by atoms with van der Waals surface area (Å²) in [6, 6.07) is -1.27. The van der Waals surface area contributed by atoms with Crippen LogP contribution in [0.25, 0.3) is 0 Å². The first-order chi connectivity index (χ1) is 8.01. The number of ether oxygens (including phenoxy) is 1. The second kappa shape index (κ2) is 8.81. The average Bonchev–Trinajstić information content (AvgIpc) is 2.26. The van der Waals surface area contributed by atoms with E-state index in [1.54, 1.807) is 7.11 Å². The van der Waals surface area contributed by atoms with E-state index in [4.69, 9.17) is 9.84 Å². The number of rotatable bonds is 8. The van der Waals surface area contributed by atoms with E-state index in [0.717, 1.165) is 0 Å². The van der Waals surface area contributed by atoms with Crippen LogP contribution < -0.4 is 10.6 Å². The number of carbonyl (C=O) groups is 2. The van der Waals surface area contributed by atoms with Gasteiger partial charge in [-0.1, -0.05) is 20.3 Å². The van der Waals surface area contributed by atoms with Crippen LogP contribution in [0.3, 0.4) is 0 Å². The molecule has 0 fully saturated rings. The first-order valence-corrected chi connectivity index (χ1v) is 5.77. The van der Waals surface area contributed by atoms with Crippen molar-refractivity contribution in [2.75, 3.05) is 20.3 Å². The molecule has 0 aliphatic rings. The number of methoxy groups -OCH3 is 1. The van der Waals surface area contributed by atoms with Crippen LogP contribution in [0, 0.1) is 5.92 Å². The predicted octanol–water partition coefficient (Wildman–Crippen LogP) is 0.821. The van der Waals surface area contributed by atoms with Crippen molar-refractivity contribution >= 4 is 12.0 Å². The summed E-state index contributed by atoms with van der Waals surface area (Å²) in [7, 11) is 1.60. The van der Waals surface area contributed by atoms with E-state index in [0.29, 0.717) is 26.0 Å². The van der Waals surface area contributed by atoms with Gasteiger partial charge in [0.05, 0.1) is 6.61 Å². The average molecular weight is 246 g/mol. The maximum atomic E-state index is 11.4. The van der Waals surface area contributed by atoms with Crippen LogP contribution in [-0.4, -0.2) is 43.4 Å². The molecule has 3 N–H and O–H groups in total. The van der Waals surface area contributed by atoms with Crippen LogP contribution in [0.15, 0.2) is 0 Å². The van der Waals surface area contributed by atoms with Crippen molar-refractivity contribution in [1.29, 1.82) is 0 Å². The SMILES string of the molecule is CCC[C@@H](NC(=O)NCC(C)COC)C(=O)O. The molecule has 0 radical (unpaired) electrons. The molecule has 17 heavy (non-hydrogen) atoms. The van der Waals surface area contributed by atoms with Crippen molar-refractivity contribution in [2.24, 2.45) is 5.92 Å². The predicted molar refractivity (Wildman–Crippen MR) is 63.9 cm³/mol. The molecule has 0 rings (SSSR count). The minimum Gasteiger partial charge on any atom is -0.480 e. The molecule has 0 saturated heterocycles. The van der Waals surface area contributed by atoms with Crippen molar-refractivity contribution in [3.63, 3.8) is 0 Å². The highest BCUT2D eigenvalue weighted by Crippen LogP contribution is 1.97. The third-order valence-electron chi connectivity index (χ3n) is 2.24. The quantitative estimate of drug-likeness (QED) is 0.591. The summed E-state index contributed by atoms with van der Waals surface area (Å²) in [5, 5.41) is 13.9. The lowest BCUT2D eigenvalue weighted by atomic mass is 10.2. The lowest BCUT2D eigenvalue weighted by Crippen LogP contribution is -2.47. The van der Waals surface area contributed by atoms with Gasteiger partial charge in [-0.15, -0.1) is 0 Å². The fraction of sp³-hybridized carbons (Fsp3) is 0.818. The Kier molecular flexibility index (Phi) is 8.13. The number of carboxylic acid groups (broad SMARTS) is 1. The third-order valence-corrected chi connectivity index (χ3v) is 2.24. The van der Waals surface area contributed by atoms with E-state index in [2.05, 4.69) is 10.6 Å². The van der Waals surface area contributed by atoms with E-state index in [9.17, 15) is 9.59 Å². The van der Waals surface area contributed by atoms with Gasteiger partial charge in [0.25, 0.3) is 0 Å². The number of amides is 2.